The number of amides is 1. The first kappa shape index (κ1) is 24.7. The van der Waals surface area contributed by atoms with Crippen LogP contribution >= 0.6 is 0 Å². The minimum atomic E-state index is -0.620. The van der Waals surface area contributed by atoms with Crippen LogP contribution in [0.3, 0.4) is 0 Å². The second kappa shape index (κ2) is 11.3. The maximum absolute atomic E-state index is 13.6. The van der Waals surface area contributed by atoms with E-state index in [0.717, 1.165) is 50.6 Å². The minimum absolute atomic E-state index is 0.193. The summed E-state index contributed by atoms with van der Waals surface area (Å²) in [5, 5.41) is 11.1. The molecule has 0 radical (unpaired) electrons. The van der Waals surface area contributed by atoms with Crippen LogP contribution in [-0.2, 0) is 16.1 Å². The standard InChI is InChI=1S/C28H44N2O3/c1-28(2)21-33-16-8-11-24-19-29(25-12-6-7-13-25)15-14-23(24)17-27(32)30(20-26(28)31)18-22-9-4-3-5-10-22/h3-5,9-10,23-26,31H,6-8,11-21H2,1-2H3/t23-,24-,26-/m0/s1. The smallest absolute Gasteiger partial charge is 0.223 e. The highest BCUT2D eigenvalue weighted by Crippen LogP contribution is 2.35. The normalized spacial score (nSPS) is 30.8. The fourth-order valence-electron chi connectivity index (χ4n) is 6.05. The van der Waals surface area contributed by atoms with Crippen LogP contribution in [0.1, 0.15) is 70.8 Å². The van der Waals surface area contributed by atoms with E-state index >= 15 is 0 Å². The molecule has 1 N–H and O–H groups in total. The molecular weight excluding hydrogens is 412 g/mol. The molecular formula is C28H44N2O3. The Morgan fingerprint density at radius 1 is 1.00 bits per heavy atom. The Balaban J connectivity index is 1.50. The molecule has 5 heteroatoms. The maximum Gasteiger partial charge on any atom is 0.223 e. The number of benzene rings is 1. The quantitative estimate of drug-likeness (QED) is 0.728. The molecule has 33 heavy (non-hydrogen) atoms. The van der Waals surface area contributed by atoms with Crippen molar-refractivity contribution in [3.63, 3.8) is 0 Å². The van der Waals surface area contributed by atoms with Gasteiger partial charge in [-0.25, -0.2) is 0 Å². The number of carbonyl (C=O) groups excluding carboxylic acids is 1. The van der Waals surface area contributed by atoms with Gasteiger partial charge in [-0.2, -0.15) is 0 Å². The summed E-state index contributed by atoms with van der Waals surface area (Å²) in [5.74, 6) is 1.18. The van der Waals surface area contributed by atoms with E-state index in [2.05, 4.69) is 17.0 Å². The van der Waals surface area contributed by atoms with Gasteiger partial charge >= 0.3 is 0 Å². The second-order valence-corrected chi connectivity index (χ2v) is 11.4. The molecule has 3 fully saturated rings. The number of piperidine rings is 1. The number of hydrogen-bond acceptors (Lipinski definition) is 4. The van der Waals surface area contributed by atoms with Crippen LogP contribution in [0.4, 0.5) is 0 Å². The van der Waals surface area contributed by atoms with Gasteiger partial charge in [0.2, 0.25) is 5.91 Å². The number of aliphatic hydroxyl groups excluding tert-OH is 1. The van der Waals surface area contributed by atoms with E-state index < -0.39 is 11.5 Å². The largest absolute Gasteiger partial charge is 0.391 e. The highest BCUT2D eigenvalue weighted by molar-refractivity contribution is 5.76. The number of aliphatic hydroxyl groups is 1. The van der Waals surface area contributed by atoms with Gasteiger partial charge in [-0.05, 0) is 56.0 Å². The number of fused-ring (bicyclic) bond motifs is 1. The van der Waals surface area contributed by atoms with Gasteiger partial charge in [-0.1, -0.05) is 57.0 Å². The molecule has 3 atom stereocenters. The molecule has 184 valence electrons. The molecule has 0 bridgehead atoms. The summed E-state index contributed by atoms with van der Waals surface area (Å²) in [6.07, 6.45) is 8.68. The van der Waals surface area contributed by atoms with Gasteiger partial charge in [-0.3, -0.25) is 4.79 Å². The van der Waals surface area contributed by atoms with Crippen LogP contribution in [0.25, 0.3) is 0 Å². The topological polar surface area (TPSA) is 53.0 Å². The Bertz CT molecular complexity index is 747. The third-order valence-electron chi connectivity index (χ3n) is 8.40. The molecule has 3 aliphatic rings. The molecule has 0 aromatic heterocycles. The zero-order chi connectivity index (χ0) is 23.3. The van der Waals surface area contributed by atoms with Crippen molar-refractivity contribution in [2.45, 2.75) is 83.9 Å². The lowest BCUT2D eigenvalue weighted by Crippen LogP contribution is -2.47. The minimum Gasteiger partial charge on any atom is -0.391 e. The van der Waals surface area contributed by atoms with Crippen LogP contribution in [-0.4, -0.2) is 65.8 Å². The average molecular weight is 457 g/mol. The molecule has 0 spiro atoms. The van der Waals surface area contributed by atoms with Crippen molar-refractivity contribution >= 4 is 5.91 Å². The van der Waals surface area contributed by atoms with Crippen LogP contribution in [0.5, 0.6) is 0 Å². The lowest BCUT2D eigenvalue weighted by atomic mass is 9.79. The summed E-state index contributed by atoms with van der Waals surface area (Å²) >= 11 is 0. The summed E-state index contributed by atoms with van der Waals surface area (Å²) in [6.45, 7) is 8.52. The fourth-order valence-corrected chi connectivity index (χ4v) is 6.05. The SMILES string of the molecule is CC1(C)COCCC[C@H]2CN(C3CCCC3)CC[C@H]2CC(=O)N(Cc2ccccc2)C[C@@H]1O. The van der Waals surface area contributed by atoms with E-state index in [1.165, 1.54) is 25.7 Å². The van der Waals surface area contributed by atoms with Crippen LogP contribution < -0.4 is 0 Å². The number of carbonyl (C=O) groups is 1. The Hall–Kier alpha value is -1.43. The summed E-state index contributed by atoms with van der Waals surface area (Å²) in [4.78, 5) is 18.3. The molecule has 1 aromatic carbocycles. The van der Waals surface area contributed by atoms with Gasteiger partial charge in [0.25, 0.3) is 0 Å². The van der Waals surface area contributed by atoms with Crippen molar-refractivity contribution in [2.24, 2.45) is 17.3 Å². The second-order valence-electron chi connectivity index (χ2n) is 11.4. The Labute approximate surface area is 200 Å². The molecule has 4 rings (SSSR count). The summed E-state index contributed by atoms with van der Waals surface area (Å²) in [5.41, 5.74) is 0.721. The first-order chi connectivity index (χ1) is 15.9. The molecule has 0 unspecified atom stereocenters. The molecule has 5 nitrogen and oxygen atoms in total. The number of β-amino-alcohol motifs (C(OH)–C–C–N with tert-alkyl or cyclic N) is 1. The van der Waals surface area contributed by atoms with Gasteiger partial charge in [0.05, 0.1) is 12.7 Å². The monoisotopic (exact) mass is 456 g/mol. The zero-order valence-electron chi connectivity index (χ0n) is 20.8. The van der Waals surface area contributed by atoms with Crippen molar-refractivity contribution < 1.29 is 14.6 Å². The number of nitrogens with zero attached hydrogens (tertiary/aromatic N) is 2. The highest BCUT2D eigenvalue weighted by Gasteiger charge is 2.37. The Morgan fingerprint density at radius 3 is 2.52 bits per heavy atom. The molecule has 2 saturated heterocycles. The number of hydrogen-bond donors (Lipinski definition) is 1. The zero-order valence-corrected chi connectivity index (χ0v) is 20.8. The lowest BCUT2D eigenvalue weighted by Gasteiger charge is -2.42. The molecule has 1 aromatic rings. The van der Waals surface area contributed by atoms with E-state index in [-0.39, 0.29) is 5.91 Å². The van der Waals surface area contributed by atoms with Crippen LogP contribution in [0.2, 0.25) is 0 Å². The van der Waals surface area contributed by atoms with Crippen molar-refractivity contribution in [2.75, 3.05) is 32.8 Å². The number of ether oxygens (including phenoxy) is 1. The third kappa shape index (κ3) is 6.58. The van der Waals surface area contributed by atoms with Gasteiger partial charge in [-0.15, -0.1) is 0 Å². The number of likely N-dealkylation sites (tertiary alicyclic amines) is 1. The Morgan fingerprint density at radius 2 is 1.76 bits per heavy atom. The predicted octanol–water partition coefficient (Wildman–Crippen LogP) is 4.48. The molecule has 1 aliphatic carbocycles. The van der Waals surface area contributed by atoms with Gasteiger partial charge < -0.3 is 19.6 Å². The van der Waals surface area contributed by atoms with Gasteiger partial charge in [0.15, 0.2) is 0 Å². The fraction of sp³-hybridized carbons (Fsp3) is 0.750. The molecule has 1 saturated carbocycles. The first-order valence-corrected chi connectivity index (χ1v) is 13.2. The van der Waals surface area contributed by atoms with E-state index in [9.17, 15) is 9.90 Å². The highest BCUT2D eigenvalue weighted by atomic mass is 16.5. The maximum atomic E-state index is 13.6. The van der Waals surface area contributed by atoms with Gasteiger partial charge in [0, 0.05) is 44.1 Å². The van der Waals surface area contributed by atoms with Crippen molar-refractivity contribution in [3.8, 4) is 0 Å². The van der Waals surface area contributed by atoms with E-state index in [1.54, 1.807) is 0 Å². The Kier molecular flexibility index (Phi) is 8.48. The molecule has 1 amide bonds. The van der Waals surface area contributed by atoms with E-state index in [4.69, 9.17) is 4.74 Å². The van der Waals surface area contributed by atoms with E-state index in [1.807, 2.05) is 36.9 Å². The average Bonchev–Trinajstić information content (AvgIpc) is 3.34. The van der Waals surface area contributed by atoms with Gasteiger partial charge in [0.1, 0.15) is 0 Å². The molecule has 2 aliphatic heterocycles. The number of rotatable bonds is 3. The molecule has 2 heterocycles. The van der Waals surface area contributed by atoms with Crippen LogP contribution in [0, 0.1) is 17.3 Å². The first-order valence-electron chi connectivity index (χ1n) is 13.2. The van der Waals surface area contributed by atoms with Crippen LogP contribution in [0.15, 0.2) is 30.3 Å². The van der Waals surface area contributed by atoms with Crippen molar-refractivity contribution in [1.29, 1.82) is 0 Å². The summed E-state index contributed by atoms with van der Waals surface area (Å²) in [6, 6.07) is 10.9. The van der Waals surface area contributed by atoms with Crippen molar-refractivity contribution in [3.05, 3.63) is 35.9 Å². The third-order valence-corrected chi connectivity index (χ3v) is 8.40. The lowest BCUT2D eigenvalue weighted by molar-refractivity contribution is -0.137. The predicted molar refractivity (Wildman–Crippen MR) is 132 cm³/mol. The summed E-state index contributed by atoms with van der Waals surface area (Å²) in [7, 11) is 0. The van der Waals surface area contributed by atoms with Crippen molar-refractivity contribution in [1.82, 2.24) is 9.80 Å². The summed E-state index contributed by atoms with van der Waals surface area (Å²) < 4.78 is 6.04. The van der Waals surface area contributed by atoms with E-state index in [0.29, 0.717) is 38.0 Å².